The predicted octanol–water partition coefficient (Wildman–Crippen LogP) is 1.96. The van der Waals surface area contributed by atoms with Crippen LogP contribution in [0.25, 0.3) is 11.1 Å². The van der Waals surface area contributed by atoms with E-state index >= 15 is 0 Å². The number of esters is 2. The number of methoxy groups -OCH3 is 2. The third kappa shape index (κ3) is 3.25. The first-order chi connectivity index (χ1) is 12.4. The van der Waals surface area contributed by atoms with Crippen molar-refractivity contribution < 1.29 is 38.9 Å². The SMILES string of the molecule is COC(=O)c1cc(C=O)c(O)c(-c2cc(C(=O)OC)cc(C=O)c2O)c1. The summed E-state index contributed by atoms with van der Waals surface area (Å²) in [5.41, 5.74) is -0.893. The zero-order valence-corrected chi connectivity index (χ0v) is 13.8. The van der Waals surface area contributed by atoms with Gasteiger partial charge < -0.3 is 19.7 Å². The Bertz CT molecular complexity index is 838. The van der Waals surface area contributed by atoms with E-state index in [4.69, 9.17) is 0 Å². The van der Waals surface area contributed by atoms with Crippen molar-refractivity contribution in [3.8, 4) is 22.6 Å². The van der Waals surface area contributed by atoms with E-state index in [9.17, 15) is 29.4 Å². The van der Waals surface area contributed by atoms with Crippen molar-refractivity contribution in [3.63, 3.8) is 0 Å². The second-order valence-corrected chi connectivity index (χ2v) is 5.14. The van der Waals surface area contributed by atoms with E-state index in [1.54, 1.807) is 0 Å². The molecule has 0 spiro atoms. The molecular weight excluding hydrogens is 344 g/mol. The Morgan fingerprint density at radius 3 is 1.38 bits per heavy atom. The molecule has 2 aromatic rings. The molecule has 0 aromatic heterocycles. The minimum absolute atomic E-state index is 0.0714. The number of hydrogen-bond donors (Lipinski definition) is 2. The summed E-state index contributed by atoms with van der Waals surface area (Å²) in [5, 5.41) is 20.6. The summed E-state index contributed by atoms with van der Waals surface area (Å²) in [6, 6.07) is 4.55. The minimum atomic E-state index is -0.784. The fraction of sp³-hybridized carbons (Fsp3) is 0.111. The molecule has 134 valence electrons. The molecule has 0 bridgehead atoms. The molecule has 0 unspecified atom stereocenters. The van der Waals surface area contributed by atoms with E-state index in [2.05, 4.69) is 9.47 Å². The van der Waals surface area contributed by atoms with E-state index in [-0.39, 0.29) is 33.4 Å². The Kier molecular flexibility index (Phi) is 5.36. The van der Waals surface area contributed by atoms with E-state index < -0.39 is 23.4 Å². The van der Waals surface area contributed by atoms with Gasteiger partial charge in [0, 0.05) is 11.1 Å². The standard InChI is InChI=1S/C18H14O8/c1-25-17(23)9-3-11(7-19)15(21)13(5-9)14-6-10(18(24)26-2)4-12(8-20)16(14)22/h3-8,21-22H,1-2H3. The third-order valence-corrected chi connectivity index (χ3v) is 3.67. The molecule has 0 fully saturated rings. The van der Waals surface area contributed by atoms with Crippen molar-refractivity contribution >= 4 is 24.5 Å². The van der Waals surface area contributed by atoms with Crippen LogP contribution in [0.1, 0.15) is 41.4 Å². The lowest BCUT2D eigenvalue weighted by atomic mass is 9.94. The van der Waals surface area contributed by atoms with Crippen LogP contribution < -0.4 is 0 Å². The van der Waals surface area contributed by atoms with Crippen LogP contribution in [-0.4, -0.2) is 48.9 Å². The van der Waals surface area contributed by atoms with Crippen molar-refractivity contribution in [1.29, 1.82) is 0 Å². The normalized spacial score (nSPS) is 10.1. The smallest absolute Gasteiger partial charge is 0.337 e. The summed E-state index contributed by atoms with van der Waals surface area (Å²) in [7, 11) is 2.27. The topological polar surface area (TPSA) is 127 Å². The fourth-order valence-electron chi connectivity index (χ4n) is 2.38. The number of rotatable bonds is 5. The van der Waals surface area contributed by atoms with Crippen LogP contribution in [0.4, 0.5) is 0 Å². The molecular formula is C18H14O8. The first-order valence-corrected chi connectivity index (χ1v) is 7.19. The van der Waals surface area contributed by atoms with Crippen LogP contribution in [0.5, 0.6) is 11.5 Å². The van der Waals surface area contributed by atoms with Gasteiger partial charge in [0.25, 0.3) is 0 Å². The highest BCUT2D eigenvalue weighted by atomic mass is 16.5. The van der Waals surface area contributed by atoms with Gasteiger partial charge in [-0.3, -0.25) is 9.59 Å². The van der Waals surface area contributed by atoms with E-state index in [0.29, 0.717) is 12.6 Å². The maximum atomic E-state index is 11.8. The molecule has 0 aliphatic heterocycles. The molecule has 0 heterocycles. The lowest BCUT2D eigenvalue weighted by molar-refractivity contribution is 0.0591. The highest BCUT2D eigenvalue weighted by molar-refractivity contribution is 6.00. The van der Waals surface area contributed by atoms with Gasteiger partial charge in [0.15, 0.2) is 12.6 Å². The van der Waals surface area contributed by atoms with Gasteiger partial charge in [0.1, 0.15) is 11.5 Å². The van der Waals surface area contributed by atoms with Gasteiger partial charge in [-0.25, -0.2) is 9.59 Å². The van der Waals surface area contributed by atoms with Crippen molar-refractivity contribution in [2.75, 3.05) is 14.2 Å². The molecule has 2 aromatic carbocycles. The molecule has 0 saturated heterocycles. The summed E-state index contributed by atoms with van der Waals surface area (Å²) in [6.45, 7) is 0. The van der Waals surface area contributed by atoms with E-state index in [1.807, 2.05) is 0 Å². The average molecular weight is 358 g/mol. The molecule has 0 saturated carbocycles. The maximum absolute atomic E-state index is 11.8. The number of aromatic hydroxyl groups is 2. The van der Waals surface area contributed by atoms with Crippen LogP contribution in [0.3, 0.4) is 0 Å². The number of phenols is 2. The Balaban J connectivity index is 2.85. The van der Waals surface area contributed by atoms with Gasteiger partial charge >= 0.3 is 11.9 Å². The van der Waals surface area contributed by atoms with Crippen LogP contribution in [0, 0.1) is 0 Å². The first kappa shape index (κ1) is 18.7. The van der Waals surface area contributed by atoms with E-state index in [0.717, 1.165) is 26.4 Å². The lowest BCUT2D eigenvalue weighted by Gasteiger charge is -2.13. The van der Waals surface area contributed by atoms with Gasteiger partial charge in [-0.05, 0) is 24.3 Å². The third-order valence-electron chi connectivity index (χ3n) is 3.67. The molecule has 2 rings (SSSR count). The number of hydrogen-bond acceptors (Lipinski definition) is 8. The Morgan fingerprint density at radius 2 is 1.12 bits per heavy atom. The quantitative estimate of drug-likeness (QED) is 0.613. The highest BCUT2D eigenvalue weighted by Crippen LogP contribution is 2.40. The zero-order valence-electron chi connectivity index (χ0n) is 13.8. The van der Waals surface area contributed by atoms with Crippen LogP contribution >= 0.6 is 0 Å². The Hall–Kier alpha value is -3.68. The molecule has 0 aliphatic carbocycles. The molecule has 0 atom stereocenters. The largest absolute Gasteiger partial charge is 0.507 e. The van der Waals surface area contributed by atoms with Crippen molar-refractivity contribution in [3.05, 3.63) is 46.5 Å². The summed E-state index contributed by atoms with van der Waals surface area (Å²) in [4.78, 5) is 46.0. The van der Waals surface area contributed by atoms with Gasteiger partial charge in [-0.1, -0.05) is 0 Å². The van der Waals surface area contributed by atoms with Crippen LogP contribution in [0.2, 0.25) is 0 Å². The van der Waals surface area contributed by atoms with Crippen LogP contribution in [0.15, 0.2) is 24.3 Å². The second kappa shape index (κ2) is 7.47. The predicted molar refractivity (Wildman–Crippen MR) is 88.7 cm³/mol. The first-order valence-electron chi connectivity index (χ1n) is 7.19. The Morgan fingerprint density at radius 1 is 0.769 bits per heavy atom. The summed E-state index contributed by atoms with van der Waals surface area (Å²) in [6.07, 6.45) is 0.625. The monoisotopic (exact) mass is 358 g/mol. The molecule has 26 heavy (non-hydrogen) atoms. The van der Waals surface area contributed by atoms with Gasteiger partial charge in [-0.2, -0.15) is 0 Å². The van der Waals surface area contributed by atoms with Crippen molar-refractivity contribution in [1.82, 2.24) is 0 Å². The molecule has 2 N–H and O–H groups in total. The number of carbonyl (C=O) groups excluding carboxylic acids is 4. The molecule has 0 aliphatic rings. The summed E-state index contributed by atoms with van der Waals surface area (Å²) in [5.74, 6) is -2.65. The summed E-state index contributed by atoms with van der Waals surface area (Å²) < 4.78 is 9.18. The fourth-order valence-corrected chi connectivity index (χ4v) is 2.38. The Labute approximate surface area is 147 Å². The van der Waals surface area contributed by atoms with Crippen LogP contribution in [-0.2, 0) is 9.47 Å². The van der Waals surface area contributed by atoms with Gasteiger partial charge in [-0.15, -0.1) is 0 Å². The maximum Gasteiger partial charge on any atom is 0.337 e. The molecule has 8 nitrogen and oxygen atoms in total. The molecule has 8 heteroatoms. The van der Waals surface area contributed by atoms with Gasteiger partial charge in [0.2, 0.25) is 0 Å². The van der Waals surface area contributed by atoms with E-state index in [1.165, 1.54) is 12.1 Å². The minimum Gasteiger partial charge on any atom is -0.507 e. The highest BCUT2D eigenvalue weighted by Gasteiger charge is 2.21. The van der Waals surface area contributed by atoms with Gasteiger partial charge in [0.05, 0.1) is 36.5 Å². The number of aldehydes is 2. The average Bonchev–Trinajstić information content (AvgIpc) is 2.67. The number of benzene rings is 2. The molecule has 0 amide bonds. The lowest BCUT2D eigenvalue weighted by Crippen LogP contribution is -2.05. The van der Waals surface area contributed by atoms with Crippen molar-refractivity contribution in [2.45, 2.75) is 0 Å². The number of carbonyl (C=O) groups is 4. The summed E-state index contributed by atoms with van der Waals surface area (Å²) >= 11 is 0. The zero-order chi connectivity index (χ0) is 19.4. The second-order valence-electron chi connectivity index (χ2n) is 5.14. The van der Waals surface area contributed by atoms with Crippen molar-refractivity contribution in [2.24, 2.45) is 0 Å². The number of ether oxygens (including phenoxy) is 2. The molecule has 0 radical (unpaired) electrons. The number of phenolic OH excluding ortho intramolecular Hbond substituents is 2.